The van der Waals surface area contributed by atoms with E-state index in [0.717, 1.165) is 39.2 Å². The maximum absolute atomic E-state index is 5.33. The van der Waals surface area contributed by atoms with Crippen LogP contribution >= 0.6 is 11.8 Å². The number of nitrogens with zero attached hydrogens (tertiary/aromatic N) is 5. The summed E-state index contributed by atoms with van der Waals surface area (Å²) in [7, 11) is 1.69. The molecule has 2 aliphatic carbocycles. The van der Waals surface area contributed by atoms with Crippen LogP contribution in [0.2, 0.25) is 0 Å². The predicted molar refractivity (Wildman–Crippen MR) is 117 cm³/mol. The summed E-state index contributed by atoms with van der Waals surface area (Å²) < 4.78 is 9.97. The molecule has 0 bridgehead atoms. The Balaban J connectivity index is 1.36. The van der Waals surface area contributed by atoms with Gasteiger partial charge in [-0.05, 0) is 62.1 Å². The average molecular weight is 418 g/mol. The van der Waals surface area contributed by atoms with Crippen molar-refractivity contribution in [3.05, 3.63) is 60.2 Å². The van der Waals surface area contributed by atoms with Crippen molar-refractivity contribution < 1.29 is 4.74 Å². The lowest BCUT2D eigenvalue weighted by Gasteiger charge is -2.11. The molecule has 0 radical (unpaired) electrons. The maximum Gasteiger partial charge on any atom is 0.191 e. The Morgan fingerprint density at radius 2 is 1.80 bits per heavy atom. The first-order valence-electron chi connectivity index (χ1n) is 10.5. The van der Waals surface area contributed by atoms with Gasteiger partial charge in [0.2, 0.25) is 0 Å². The van der Waals surface area contributed by atoms with Crippen LogP contribution in [-0.2, 0) is 5.75 Å². The van der Waals surface area contributed by atoms with Crippen molar-refractivity contribution >= 4 is 22.8 Å². The third kappa shape index (κ3) is 3.17. The summed E-state index contributed by atoms with van der Waals surface area (Å²) in [6.07, 6.45) is 5.00. The monoisotopic (exact) mass is 417 g/mol. The van der Waals surface area contributed by atoms with Crippen LogP contribution in [0.4, 0.5) is 0 Å². The first kappa shape index (κ1) is 18.0. The Kier molecular flexibility index (Phi) is 4.30. The number of para-hydroxylation sites is 2. The van der Waals surface area contributed by atoms with Gasteiger partial charge in [0, 0.05) is 17.6 Å². The smallest absolute Gasteiger partial charge is 0.191 e. The zero-order valence-electron chi connectivity index (χ0n) is 16.9. The molecule has 0 saturated heterocycles. The fraction of sp³-hybridized carbons (Fsp3) is 0.348. The summed E-state index contributed by atoms with van der Waals surface area (Å²) in [5, 5.41) is 10.1. The van der Waals surface area contributed by atoms with E-state index in [4.69, 9.17) is 9.72 Å². The molecule has 0 atom stereocenters. The van der Waals surface area contributed by atoms with Crippen molar-refractivity contribution in [1.29, 1.82) is 0 Å². The molecule has 2 heterocycles. The van der Waals surface area contributed by atoms with E-state index in [1.54, 1.807) is 18.9 Å². The molecule has 2 aliphatic rings. The summed E-state index contributed by atoms with van der Waals surface area (Å²) in [4.78, 5) is 4.94. The van der Waals surface area contributed by atoms with E-state index in [0.29, 0.717) is 12.0 Å². The van der Waals surface area contributed by atoms with Gasteiger partial charge in [-0.25, -0.2) is 4.98 Å². The Morgan fingerprint density at radius 3 is 2.53 bits per heavy atom. The number of thioether (sulfide) groups is 1. The molecule has 4 aromatic rings. The maximum atomic E-state index is 5.33. The lowest BCUT2D eigenvalue weighted by molar-refractivity contribution is 0.414. The van der Waals surface area contributed by atoms with E-state index < -0.39 is 0 Å². The molecule has 2 aromatic heterocycles. The quantitative estimate of drug-likeness (QED) is 0.390. The number of fused-ring (bicyclic) bond motifs is 1. The minimum atomic E-state index is 0.596. The van der Waals surface area contributed by atoms with Crippen LogP contribution in [-0.4, -0.2) is 31.4 Å². The lowest BCUT2D eigenvalue weighted by atomic mass is 10.2. The van der Waals surface area contributed by atoms with E-state index in [2.05, 4.69) is 49.7 Å². The molecule has 0 N–H and O–H groups in total. The van der Waals surface area contributed by atoms with Crippen LogP contribution in [0.3, 0.4) is 0 Å². The SMILES string of the molecule is COc1ccc(-n2c(CSc3nnc(C4CC4)n3C3CC3)nc3ccccc32)cc1. The van der Waals surface area contributed by atoms with Gasteiger partial charge in [-0.1, -0.05) is 23.9 Å². The normalized spacial score (nSPS) is 16.3. The first-order chi connectivity index (χ1) is 14.8. The molecule has 6 nitrogen and oxygen atoms in total. The minimum absolute atomic E-state index is 0.596. The molecule has 7 heteroatoms. The van der Waals surface area contributed by atoms with Gasteiger partial charge in [-0.15, -0.1) is 10.2 Å². The summed E-state index contributed by atoms with van der Waals surface area (Å²) in [6.45, 7) is 0. The van der Waals surface area contributed by atoms with Crippen molar-refractivity contribution in [2.75, 3.05) is 7.11 Å². The largest absolute Gasteiger partial charge is 0.497 e. The molecule has 0 amide bonds. The van der Waals surface area contributed by atoms with Gasteiger partial charge < -0.3 is 9.30 Å². The molecule has 2 saturated carbocycles. The number of methoxy groups -OCH3 is 1. The van der Waals surface area contributed by atoms with Gasteiger partial charge in [0.25, 0.3) is 0 Å². The second-order valence-corrected chi connectivity index (χ2v) is 9.00. The number of hydrogen-bond donors (Lipinski definition) is 0. The second-order valence-electron chi connectivity index (χ2n) is 8.06. The van der Waals surface area contributed by atoms with E-state index in [1.807, 2.05) is 18.2 Å². The van der Waals surface area contributed by atoms with Gasteiger partial charge in [-0.2, -0.15) is 0 Å². The summed E-state index contributed by atoms with van der Waals surface area (Å²) in [6, 6.07) is 17.0. The fourth-order valence-corrected chi connectivity index (χ4v) is 4.94. The molecule has 6 rings (SSSR count). The summed E-state index contributed by atoms with van der Waals surface area (Å²) in [5.41, 5.74) is 3.20. The van der Waals surface area contributed by atoms with Gasteiger partial charge in [0.1, 0.15) is 17.4 Å². The van der Waals surface area contributed by atoms with Crippen molar-refractivity contribution in [1.82, 2.24) is 24.3 Å². The molecule has 152 valence electrons. The van der Waals surface area contributed by atoms with Crippen molar-refractivity contribution in [3.8, 4) is 11.4 Å². The van der Waals surface area contributed by atoms with Crippen molar-refractivity contribution in [3.63, 3.8) is 0 Å². The molecule has 0 spiro atoms. The van der Waals surface area contributed by atoms with Crippen molar-refractivity contribution in [2.24, 2.45) is 0 Å². The molecule has 0 aliphatic heterocycles. The standard InChI is InChI=1S/C23H23N5OS/c1-29-18-12-10-16(11-13-18)27-20-5-3-2-4-19(20)24-21(27)14-30-23-26-25-22(15-6-7-15)28(23)17-8-9-17/h2-5,10-13,15,17H,6-9,14H2,1H3. The number of benzene rings is 2. The van der Waals surface area contributed by atoms with Gasteiger partial charge >= 0.3 is 0 Å². The molecule has 0 unspecified atom stereocenters. The van der Waals surface area contributed by atoms with Gasteiger partial charge in [-0.3, -0.25) is 4.57 Å². The Morgan fingerprint density at radius 1 is 1.00 bits per heavy atom. The Labute approximate surface area is 179 Å². The van der Waals surface area contributed by atoms with Crippen LogP contribution in [0.1, 0.15) is 49.3 Å². The topological polar surface area (TPSA) is 57.8 Å². The van der Waals surface area contributed by atoms with E-state index in [9.17, 15) is 0 Å². The van der Waals surface area contributed by atoms with E-state index in [-0.39, 0.29) is 0 Å². The predicted octanol–water partition coefficient (Wildman–Crippen LogP) is 5.13. The third-order valence-electron chi connectivity index (χ3n) is 5.84. The van der Waals surface area contributed by atoms with Gasteiger partial charge in [0.15, 0.2) is 5.16 Å². The molecular formula is C23H23N5OS. The van der Waals surface area contributed by atoms with Gasteiger partial charge in [0.05, 0.1) is 23.9 Å². The van der Waals surface area contributed by atoms with E-state index >= 15 is 0 Å². The van der Waals surface area contributed by atoms with Crippen LogP contribution in [0, 0.1) is 0 Å². The third-order valence-corrected chi connectivity index (χ3v) is 6.78. The number of hydrogen-bond acceptors (Lipinski definition) is 5. The molecular weight excluding hydrogens is 394 g/mol. The highest BCUT2D eigenvalue weighted by Gasteiger charge is 2.36. The zero-order valence-corrected chi connectivity index (χ0v) is 17.7. The molecule has 2 fully saturated rings. The number of aromatic nitrogens is 5. The summed E-state index contributed by atoms with van der Waals surface area (Å²) in [5.74, 6) is 4.44. The summed E-state index contributed by atoms with van der Waals surface area (Å²) >= 11 is 1.75. The Hall–Kier alpha value is -2.80. The number of imidazole rings is 1. The number of rotatable bonds is 7. The fourth-order valence-electron chi connectivity index (χ4n) is 4.00. The average Bonchev–Trinajstić information content (AvgIpc) is 3.72. The number of ether oxygens (including phenoxy) is 1. The zero-order chi connectivity index (χ0) is 20.1. The highest BCUT2D eigenvalue weighted by atomic mass is 32.2. The molecule has 2 aromatic carbocycles. The second kappa shape index (κ2) is 7.16. The highest BCUT2D eigenvalue weighted by molar-refractivity contribution is 7.98. The van der Waals surface area contributed by atoms with Crippen LogP contribution in [0.25, 0.3) is 16.7 Å². The van der Waals surface area contributed by atoms with Crippen LogP contribution in [0.5, 0.6) is 5.75 Å². The van der Waals surface area contributed by atoms with Crippen LogP contribution < -0.4 is 4.74 Å². The first-order valence-corrected chi connectivity index (χ1v) is 11.5. The molecule has 30 heavy (non-hydrogen) atoms. The van der Waals surface area contributed by atoms with E-state index in [1.165, 1.54) is 31.5 Å². The highest BCUT2D eigenvalue weighted by Crippen LogP contribution is 2.46. The Bertz CT molecular complexity index is 1200. The van der Waals surface area contributed by atoms with Crippen molar-refractivity contribution in [2.45, 2.75) is 48.6 Å². The lowest BCUT2D eigenvalue weighted by Crippen LogP contribution is -2.03. The van der Waals surface area contributed by atoms with Crippen LogP contribution in [0.15, 0.2) is 53.7 Å². The minimum Gasteiger partial charge on any atom is -0.497 e.